The molecule has 21 heavy (non-hydrogen) atoms. The van der Waals surface area contributed by atoms with Crippen LogP contribution in [0.15, 0.2) is 16.6 Å². The highest BCUT2D eigenvalue weighted by atomic mass is 79.9. The number of benzene rings is 1. The van der Waals surface area contributed by atoms with Crippen LogP contribution in [0.2, 0.25) is 0 Å². The molecule has 1 aromatic heterocycles. The van der Waals surface area contributed by atoms with E-state index < -0.39 is 9.84 Å². The Kier molecular flexibility index (Phi) is 3.92. The maximum Gasteiger partial charge on any atom is 0.150 e. The first-order valence-electron chi connectivity index (χ1n) is 6.76. The molecule has 1 heterocycles. The fourth-order valence-electron chi connectivity index (χ4n) is 2.08. The minimum atomic E-state index is -3.02. The lowest BCUT2D eigenvalue weighted by Crippen LogP contribution is -2.12. The molecule has 0 aliphatic heterocycles. The Morgan fingerprint density at radius 2 is 2.19 bits per heavy atom. The smallest absolute Gasteiger partial charge is 0.150 e. The minimum Gasteiger partial charge on any atom is -0.491 e. The van der Waals surface area contributed by atoms with Gasteiger partial charge in [0, 0.05) is 12.8 Å². The van der Waals surface area contributed by atoms with Gasteiger partial charge in [-0.25, -0.2) is 13.1 Å². The molecule has 3 rings (SSSR count). The third-order valence-electron chi connectivity index (χ3n) is 3.43. The zero-order valence-corrected chi connectivity index (χ0v) is 14.0. The SMILES string of the molecule is CS(=O)(=O)CCOc1ccc2c(nnn2CC2CC2)c1Br. The molecule has 8 heteroatoms. The standard InChI is InChI=1S/C13H16BrN3O3S/c1-21(18,19)7-6-20-11-5-4-10-13(12(11)14)15-16-17(10)8-9-2-3-9/h4-5,9H,2-3,6-8H2,1H3. The zero-order chi connectivity index (χ0) is 15.0. The quantitative estimate of drug-likeness (QED) is 0.774. The first-order chi connectivity index (χ1) is 9.94. The molecule has 0 bridgehead atoms. The number of halogens is 1. The van der Waals surface area contributed by atoms with Gasteiger partial charge in [0.2, 0.25) is 0 Å². The Morgan fingerprint density at radius 1 is 1.43 bits per heavy atom. The topological polar surface area (TPSA) is 74.1 Å². The maximum atomic E-state index is 11.1. The summed E-state index contributed by atoms with van der Waals surface area (Å²) in [5, 5.41) is 8.37. The van der Waals surface area contributed by atoms with Crippen molar-refractivity contribution in [2.45, 2.75) is 19.4 Å². The van der Waals surface area contributed by atoms with E-state index >= 15 is 0 Å². The van der Waals surface area contributed by atoms with E-state index in [0.717, 1.165) is 28.0 Å². The van der Waals surface area contributed by atoms with Gasteiger partial charge < -0.3 is 4.74 Å². The van der Waals surface area contributed by atoms with E-state index in [1.807, 2.05) is 16.8 Å². The van der Waals surface area contributed by atoms with E-state index in [-0.39, 0.29) is 12.4 Å². The van der Waals surface area contributed by atoms with Crippen LogP contribution in [0.3, 0.4) is 0 Å². The van der Waals surface area contributed by atoms with Crippen LogP contribution in [-0.2, 0) is 16.4 Å². The van der Waals surface area contributed by atoms with Gasteiger partial charge in [0.25, 0.3) is 0 Å². The second-order valence-corrected chi connectivity index (χ2v) is 8.49. The largest absolute Gasteiger partial charge is 0.491 e. The number of aromatic nitrogens is 3. The number of hydrogen-bond donors (Lipinski definition) is 0. The fraction of sp³-hybridized carbons (Fsp3) is 0.538. The van der Waals surface area contributed by atoms with E-state index in [2.05, 4.69) is 26.2 Å². The first-order valence-corrected chi connectivity index (χ1v) is 9.61. The lowest BCUT2D eigenvalue weighted by Gasteiger charge is -2.08. The van der Waals surface area contributed by atoms with Gasteiger partial charge in [0.15, 0.2) is 9.84 Å². The van der Waals surface area contributed by atoms with Crippen molar-refractivity contribution in [3.8, 4) is 5.75 Å². The summed E-state index contributed by atoms with van der Waals surface area (Å²) in [6.45, 7) is 1.02. The van der Waals surface area contributed by atoms with E-state index in [1.165, 1.54) is 19.1 Å². The summed E-state index contributed by atoms with van der Waals surface area (Å²) in [5.74, 6) is 1.30. The second kappa shape index (κ2) is 5.57. The van der Waals surface area contributed by atoms with Crippen molar-refractivity contribution in [2.24, 2.45) is 5.92 Å². The van der Waals surface area contributed by atoms with Gasteiger partial charge in [0.1, 0.15) is 17.9 Å². The van der Waals surface area contributed by atoms with E-state index in [1.54, 1.807) is 0 Å². The summed E-state index contributed by atoms with van der Waals surface area (Å²) in [5.41, 5.74) is 1.71. The Labute approximate surface area is 131 Å². The van der Waals surface area contributed by atoms with Gasteiger partial charge in [0.05, 0.1) is 15.7 Å². The molecular formula is C13H16BrN3O3S. The van der Waals surface area contributed by atoms with Gasteiger partial charge in [-0.3, -0.25) is 0 Å². The molecule has 1 saturated carbocycles. The lowest BCUT2D eigenvalue weighted by atomic mass is 10.3. The summed E-state index contributed by atoms with van der Waals surface area (Å²) >= 11 is 3.47. The average Bonchev–Trinajstić information content (AvgIpc) is 3.11. The van der Waals surface area contributed by atoms with Crippen LogP contribution in [0.4, 0.5) is 0 Å². The zero-order valence-electron chi connectivity index (χ0n) is 11.6. The van der Waals surface area contributed by atoms with Crippen LogP contribution < -0.4 is 4.74 Å². The molecule has 1 fully saturated rings. The van der Waals surface area contributed by atoms with Gasteiger partial charge in [-0.1, -0.05) is 5.21 Å². The minimum absolute atomic E-state index is 0.00809. The normalized spacial score (nSPS) is 15.5. The van der Waals surface area contributed by atoms with Crippen LogP contribution in [-0.4, -0.2) is 42.0 Å². The molecule has 0 unspecified atom stereocenters. The predicted octanol–water partition coefficient (Wildman–Crippen LogP) is 2.03. The molecule has 6 nitrogen and oxygen atoms in total. The molecule has 0 amide bonds. The summed E-state index contributed by atoms with van der Waals surface area (Å²) < 4.78 is 30.4. The molecule has 0 radical (unpaired) electrons. The summed E-state index contributed by atoms with van der Waals surface area (Å²) in [6.07, 6.45) is 3.71. The number of rotatable bonds is 6. The Hall–Kier alpha value is -1.15. The molecule has 1 aliphatic carbocycles. The number of sulfone groups is 1. The molecular weight excluding hydrogens is 358 g/mol. The van der Waals surface area contributed by atoms with Gasteiger partial charge >= 0.3 is 0 Å². The summed E-state index contributed by atoms with van der Waals surface area (Å²) in [4.78, 5) is 0. The van der Waals surface area contributed by atoms with Crippen LogP contribution in [0.5, 0.6) is 5.75 Å². The Bertz CT molecular complexity index is 768. The molecule has 2 aromatic rings. The van der Waals surface area contributed by atoms with E-state index in [9.17, 15) is 8.42 Å². The summed E-state index contributed by atoms with van der Waals surface area (Å²) in [7, 11) is -3.02. The van der Waals surface area contributed by atoms with Gasteiger partial charge in [-0.05, 0) is 46.8 Å². The van der Waals surface area contributed by atoms with Crippen molar-refractivity contribution >= 4 is 36.8 Å². The molecule has 0 N–H and O–H groups in total. The third-order valence-corrected chi connectivity index (χ3v) is 5.10. The number of fused-ring (bicyclic) bond motifs is 1. The third kappa shape index (κ3) is 3.55. The van der Waals surface area contributed by atoms with Crippen LogP contribution >= 0.6 is 15.9 Å². The molecule has 1 aromatic carbocycles. The van der Waals surface area contributed by atoms with Crippen LogP contribution in [0, 0.1) is 5.92 Å². The van der Waals surface area contributed by atoms with Crippen molar-refractivity contribution in [1.29, 1.82) is 0 Å². The number of nitrogens with zero attached hydrogens (tertiary/aromatic N) is 3. The van der Waals surface area contributed by atoms with Crippen molar-refractivity contribution in [2.75, 3.05) is 18.6 Å². The molecule has 0 atom stereocenters. The molecule has 0 saturated heterocycles. The predicted molar refractivity (Wildman–Crippen MR) is 83.2 cm³/mol. The van der Waals surface area contributed by atoms with Gasteiger partial charge in [-0.15, -0.1) is 5.10 Å². The molecule has 1 aliphatic rings. The second-order valence-electron chi connectivity index (χ2n) is 5.44. The molecule has 0 spiro atoms. The Balaban J connectivity index is 1.79. The van der Waals surface area contributed by atoms with Crippen molar-refractivity contribution in [3.05, 3.63) is 16.6 Å². The lowest BCUT2D eigenvalue weighted by molar-refractivity contribution is 0.339. The number of ether oxygens (including phenoxy) is 1. The highest BCUT2D eigenvalue weighted by molar-refractivity contribution is 9.10. The summed E-state index contributed by atoms with van der Waals surface area (Å²) in [6, 6.07) is 3.74. The Morgan fingerprint density at radius 3 is 2.86 bits per heavy atom. The van der Waals surface area contributed by atoms with Crippen molar-refractivity contribution in [1.82, 2.24) is 15.0 Å². The molecule has 114 valence electrons. The van der Waals surface area contributed by atoms with Crippen LogP contribution in [0.1, 0.15) is 12.8 Å². The van der Waals surface area contributed by atoms with Gasteiger partial charge in [-0.2, -0.15) is 0 Å². The van der Waals surface area contributed by atoms with Crippen molar-refractivity contribution in [3.63, 3.8) is 0 Å². The van der Waals surface area contributed by atoms with E-state index in [4.69, 9.17) is 4.74 Å². The highest BCUT2D eigenvalue weighted by Crippen LogP contribution is 2.34. The number of hydrogen-bond acceptors (Lipinski definition) is 5. The monoisotopic (exact) mass is 373 g/mol. The van der Waals surface area contributed by atoms with E-state index in [0.29, 0.717) is 5.75 Å². The fourth-order valence-corrected chi connectivity index (χ4v) is 3.00. The average molecular weight is 374 g/mol. The maximum absolute atomic E-state index is 11.1. The van der Waals surface area contributed by atoms with Crippen molar-refractivity contribution < 1.29 is 13.2 Å². The first kappa shape index (κ1) is 14.8. The highest BCUT2D eigenvalue weighted by Gasteiger charge is 2.23. The van der Waals surface area contributed by atoms with Crippen LogP contribution in [0.25, 0.3) is 11.0 Å².